The average molecular weight is 224 g/mol. The summed E-state index contributed by atoms with van der Waals surface area (Å²) in [5.41, 5.74) is 0. The molecule has 1 nitrogen and oxygen atoms in total. The zero-order valence-corrected chi connectivity index (χ0v) is 8.97. The molecule has 0 spiro atoms. The monoisotopic (exact) mass is 223 g/mol. The summed E-state index contributed by atoms with van der Waals surface area (Å²) in [4.78, 5) is 0. The van der Waals surface area contributed by atoms with Crippen LogP contribution in [-0.2, 0) is 11.8 Å². The van der Waals surface area contributed by atoms with Gasteiger partial charge in [-0.2, -0.15) is 0 Å². The second-order valence-corrected chi connectivity index (χ2v) is 13.2. The summed E-state index contributed by atoms with van der Waals surface area (Å²) in [6, 6.07) is 0. The topological polar surface area (TPSA) is 12.0 Å². The van der Waals surface area contributed by atoms with Crippen molar-refractivity contribution in [1.82, 2.24) is 4.72 Å². The van der Waals surface area contributed by atoms with E-state index in [4.69, 9.17) is 34.3 Å². The SMILES string of the molecule is CCCNSP(=S)(Cl)Cl. The Morgan fingerprint density at radius 3 is 2.56 bits per heavy atom. The fourth-order valence-corrected chi connectivity index (χ4v) is 2.75. The lowest BCUT2D eigenvalue weighted by Crippen LogP contribution is -2.01. The predicted molar refractivity (Wildman–Crippen MR) is 51.9 cm³/mol. The van der Waals surface area contributed by atoms with E-state index in [9.17, 15) is 0 Å². The van der Waals surface area contributed by atoms with Gasteiger partial charge < -0.3 is 0 Å². The second-order valence-electron chi connectivity index (χ2n) is 1.40. The van der Waals surface area contributed by atoms with Crippen molar-refractivity contribution in [2.24, 2.45) is 0 Å². The lowest BCUT2D eigenvalue weighted by Gasteiger charge is -2.03. The van der Waals surface area contributed by atoms with E-state index in [1.165, 1.54) is 11.6 Å². The molecule has 56 valence electrons. The minimum atomic E-state index is -2.11. The molecule has 0 saturated carbocycles. The van der Waals surface area contributed by atoms with Crippen LogP contribution in [0.4, 0.5) is 0 Å². The molecule has 6 heteroatoms. The van der Waals surface area contributed by atoms with E-state index in [1.54, 1.807) is 0 Å². The fraction of sp³-hybridized carbons (Fsp3) is 1.00. The highest BCUT2D eigenvalue weighted by Gasteiger charge is 2.06. The van der Waals surface area contributed by atoms with Crippen LogP contribution in [0.25, 0.3) is 0 Å². The lowest BCUT2D eigenvalue weighted by molar-refractivity contribution is 0.881. The molecule has 0 saturated heterocycles. The Kier molecular flexibility index (Phi) is 6.12. The largest absolute Gasteiger partial charge is 0.258 e. The van der Waals surface area contributed by atoms with Crippen molar-refractivity contribution in [2.75, 3.05) is 6.54 Å². The highest BCUT2D eigenvalue weighted by molar-refractivity contribution is 8.84. The Balaban J connectivity index is 3.18. The molecule has 0 radical (unpaired) electrons. The summed E-state index contributed by atoms with van der Waals surface area (Å²) in [5.74, 6) is 0. The molecule has 0 aliphatic carbocycles. The van der Waals surface area contributed by atoms with Crippen molar-refractivity contribution >= 4 is 49.8 Å². The van der Waals surface area contributed by atoms with Crippen LogP contribution in [0.15, 0.2) is 0 Å². The zero-order valence-electron chi connectivity index (χ0n) is 4.93. The maximum absolute atomic E-state index is 5.56. The van der Waals surface area contributed by atoms with Gasteiger partial charge in [0.15, 0.2) is 3.95 Å². The third-order valence-corrected chi connectivity index (χ3v) is 4.01. The van der Waals surface area contributed by atoms with E-state index in [2.05, 4.69) is 11.6 Å². The standard InChI is InChI=1S/C3H8Cl2NPS2/c1-2-3-6-9-7(4,5)8/h6H,2-3H2,1H3. The molecule has 0 aliphatic heterocycles. The van der Waals surface area contributed by atoms with Crippen LogP contribution in [0.5, 0.6) is 0 Å². The number of halogens is 2. The molecule has 0 amide bonds. The van der Waals surface area contributed by atoms with E-state index < -0.39 is 3.95 Å². The minimum absolute atomic E-state index is 0.905. The second kappa shape index (κ2) is 5.22. The molecule has 9 heavy (non-hydrogen) atoms. The van der Waals surface area contributed by atoms with Gasteiger partial charge in [-0.25, -0.2) is 0 Å². The van der Waals surface area contributed by atoms with Crippen molar-refractivity contribution in [2.45, 2.75) is 13.3 Å². The number of nitrogens with one attached hydrogen (secondary N) is 1. The quantitative estimate of drug-likeness (QED) is 0.447. The van der Waals surface area contributed by atoms with Gasteiger partial charge in [0.25, 0.3) is 0 Å². The van der Waals surface area contributed by atoms with Crippen molar-refractivity contribution in [3.8, 4) is 0 Å². The molecular weight excluding hydrogens is 216 g/mol. The molecule has 0 unspecified atom stereocenters. The lowest BCUT2D eigenvalue weighted by atomic mass is 10.5. The Hall–Kier alpha value is 1.54. The first-order valence-corrected chi connectivity index (χ1v) is 8.50. The van der Waals surface area contributed by atoms with Gasteiger partial charge in [-0.15, -0.1) is 0 Å². The van der Waals surface area contributed by atoms with E-state index >= 15 is 0 Å². The van der Waals surface area contributed by atoms with E-state index in [0.29, 0.717) is 0 Å². The first-order valence-electron chi connectivity index (χ1n) is 2.47. The molecule has 0 aromatic rings. The molecule has 0 aromatic carbocycles. The minimum Gasteiger partial charge on any atom is -0.258 e. The zero-order chi connectivity index (χ0) is 7.33. The van der Waals surface area contributed by atoms with Crippen LogP contribution in [-0.4, -0.2) is 6.54 Å². The van der Waals surface area contributed by atoms with Gasteiger partial charge >= 0.3 is 0 Å². The van der Waals surface area contributed by atoms with Crippen LogP contribution >= 0.6 is 38.0 Å². The van der Waals surface area contributed by atoms with Crippen LogP contribution in [0.1, 0.15) is 13.3 Å². The first kappa shape index (κ1) is 10.5. The van der Waals surface area contributed by atoms with E-state index in [0.717, 1.165) is 13.0 Å². The maximum atomic E-state index is 5.56. The molecular formula is C3H8Cl2NPS2. The summed E-state index contributed by atoms with van der Waals surface area (Å²) in [6.07, 6.45) is 1.07. The highest BCUT2D eigenvalue weighted by Crippen LogP contribution is 2.66. The molecule has 0 rings (SSSR count). The van der Waals surface area contributed by atoms with Crippen LogP contribution < -0.4 is 4.72 Å². The normalized spacial score (nSPS) is 11.9. The smallest absolute Gasteiger partial charge is 0.185 e. The Labute approximate surface area is 74.3 Å². The molecule has 0 heterocycles. The van der Waals surface area contributed by atoms with Crippen molar-refractivity contribution < 1.29 is 0 Å². The summed E-state index contributed by atoms with van der Waals surface area (Å²) in [7, 11) is 0. The summed E-state index contributed by atoms with van der Waals surface area (Å²) >= 11 is 17.1. The summed E-state index contributed by atoms with van der Waals surface area (Å²) < 4.78 is 0.861. The molecule has 0 bridgehead atoms. The first-order chi connectivity index (χ1) is 4.06. The van der Waals surface area contributed by atoms with E-state index in [-0.39, 0.29) is 0 Å². The molecule has 0 atom stereocenters. The third-order valence-electron chi connectivity index (χ3n) is 0.523. The molecule has 1 N–H and O–H groups in total. The fourth-order valence-electron chi connectivity index (χ4n) is 0.223. The Morgan fingerprint density at radius 2 is 2.22 bits per heavy atom. The Bertz CT molecular complexity index is 114. The average Bonchev–Trinajstić information content (AvgIpc) is 1.63. The maximum Gasteiger partial charge on any atom is 0.185 e. The third kappa shape index (κ3) is 9.54. The Morgan fingerprint density at radius 1 is 1.67 bits per heavy atom. The number of hydrogen-bond donors (Lipinski definition) is 1. The molecule has 0 aliphatic rings. The number of hydrogen-bond acceptors (Lipinski definition) is 3. The van der Waals surface area contributed by atoms with Gasteiger partial charge in [-0.05, 0) is 18.0 Å². The van der Waals surface area contributed by atoms with Gasteiger partial charge in [-0.3, -0.25) is 4.72 Å². The molecule has 0 fully saturated rings. The van der Waals surface area contributed by atoms with Gasteiger partial charge in [-0.1, -0.05) is 41.2 Å². The van der Waals surface area contributed by atoms with E-state index in [1.807, 2.05) is 0 Å². The van der Waals surface area contributed by atoms with Crippen molar-refractivity contribution in [3.63, 3.8) is 0 Å². The van der Waals surface area contributed by atoms with Gasteiger partial charge in [0.1, 0.15) is 0 Å². The van der Waals surface area contributed by atoms with Gasteiger partial charge in [0, 0.05) is 6.54 Å². The summed E-state index contributed by atoms with van der Waals surface area (Å²) in [5, 5.41) is 0. The van der Waals surface area contributed by atoms with Gasteiger partial charge in [0.2, 0.25) is 0 Å². The van der Waals surface area contributed by atoms with Crippen LogP contribution in [0, 0.1) is 0 Å². The van der Waals surface area contributed by atoms with Gasteiger partial charge in [0.05, 0.1) is 0 Å². The van der Waals surface area contributed by atoms with Crippen molar-refractivity contribution in [3.05, 3.63) is 0 Å². The predicted octanol–water partition coefficient (Wildman–Crippen LogP) is 3.34. The van der Waals surface area contributed by atoms with Crippen LogP contribution in [0.3, 0.4) is 0 Å². The molecule has 0 aromatic heterocycles. The highest BCUT2D eigenvalue weighted by atomic mass is 35.9. The van der Waals surface area contributed by atoms with Crippen molar-refractivity contribution in [1.29, 1.82) is 0 Å². The number of rotatable bonds is 4. The summed E-state index contributed by atoms with van der Waals surface area (Å²) in [6.45, 7) is 2.97. The van der Waals surface area contributed by atoms with Crippen LogP contribution in [0.2, 0.25) is 0 Å².